The molecular formula is C10H11N3O. The molecule has 0 unspecified atom stereocenters. The summed E-state index contributed by atoms with van der Waals surface area (Å²) in [6.07, 6.45) is 3.98. The minimum atomic E-state index is 0.343. The molecule has 0 amide bonds. The van der Waals surface area contributed by atoms with Gasteiger partial charge in [0, 0.05) is 6.20 Å². The highest BCUT2D eigenvalue weighted by molar-refractivity contribution is 5.59. The van der Waals surface area contributed by atoms with Gasteiger partial charge in [-0.05, 0) is 24.8 Å². The van der Waals surface area contributed by atoms with Crippen molar-refractivity contribution < 1.29 is 4.74 Å². The molecule has 4 heteroatoms. The highest BCUT2D eigenvalue weighted by Gasteiger charge is 2.22. The molecule has 14 heavy (non-hydrogen) atoms. The Labute approximate surface area is 82.3 Å². The molecule has 1 aromatic heterocycles. The smallest absolute Gasteiger partial charge is 0.238 e. The molecule has 0 atom stereocenters. The lowest BCUT2D eigenvalue weighted by atomic mass is 10.2. The summed E-state index contributed by atoms with van der Waals surface area (Å²) in [6, 6.07) is 3.58. The molecule has 1 fully saturated rings. The van der Waals surface area contributed by atoms with Gasteiger partial charge in [-0.15, -0.1) is 0 Å². The van der Waals surface area contributed by atoms with Crippen LogP contribution in [-0.2, 0) is 0 Å². The third-order valence-corrected chi connectivity index (χ3v) is 2.23. The molecule has 1 saturated carbocycles. The topological polar surface area (TPSA) is 71.9 Å². The van der Waals surface area contributed by atoms with E-state index in [4.69, 9.17) is 15.7 Å². The Morgan fingerprint density at radius 2 is 2.43 bits per heavy atom. The monoisotopic (exact) mass is 189 g/mol. The summed E-state index contributed by atoms with van der Waals surface area (Å²) in [5, 5.41) is 8.72. The second-order valence-electron chi connectivity index (χ2n) is 3.44. The number of hydrogen-bond donors (Lipinski definition) is 1. The molecule has 2 N–H and O–H groups in total. The van der Waals surface area contributed by atoms with Gasteiger partial charge in [-0.25, -0.2) is 4.98 Å². The zero-order valence-electron chi connectivity index (χ0n) is 7.73. The first-order chi connectivity index (χ1) is 6.81. The second kappa shape index (κ2) is 3.54. The number of nitrogens with zero attached hydrogens (tertiary/aromatic N) is 2. The van der Waals surface area contributed by atoms with Gasteiger partial charge in [-0.1, -0.05) is 0 Å². The molecule has 4 nitrogen and oxygen atoms in total. The van der Waals surface area contributed by atoms with Crippen LogP contribution in [0.3, 0.4) is 0 Å². The van der Waals surface area contributed by atoms with Crippen molar-refractivity contribution in [3.8, 4) is 11.9 Å². The Balaban J connectivity index is 2.11. The van der Waals surface area contributed by atoms with E-state index in [1.54, 1.807) is 6.07 Å². The van der Waals surface area contributed by atoms with E-state index < -0.39 is 0 Å². The Hall–Kier alpha value is -1.76. The first kappa shape index (κ1) is 8.82. The van der Waals surface area contributed by atoms with Gasteiger partial charge in [0.05, 0.1) is 12.2 Å². The quantitative estimate of drug-likeness (QED) is 0.778. The summed E-state index contributed by atoms with van der Waals surface area (Å²) >= 11 is 0. The van der Waals surface area contributed by atoms with E-state index in [0.717, 1.165) is 0 Å². The number of pyridine rings is 1. The van der Waals surface area contributed by atoms with Crippen LogP contribution in [0.2, 0.25) is 0 Å². The molecule has 0 aromatic carbocycles. The maximum absolute atomic E-state index is 8.72. The zero-order chi connectivity index (χ0) is 9.97. The van der Waals surface area contributed by atoms with Gasteiger partial charge in [0.2, 0.25) is 5.88 Å². The van der Waals surface area contributed by atoms with Crippen LogP contribution < -0.4 is 10.5 Å². The van der Waals surface area contributed by atoms with Crippen molar-refractivity contribution in [1.82, 2.24) is 4.98 Å². The summed E-state index contributed by atoms with van der Waals surface area (Å²) in [7, 11) is 0. The Morgan fingerprint density at radius 1 is 1.64 bits per heavy atom. The van der Waals surface area contributed by atoms with Gasteiger partial charge in [0.25, 0.3) is 0 Å². The van der Waals surface area contributed by atoms with Crippen molar-refractivity contribution in [3.05, 3.63) is 17.8 Å². The van der Waals surface area contributed by atoms with E-state index in [2.05, 4.69) is 4.98 Å². The number of rotatable bonds is 3. The number of ether oxygens (including phenoxy) is 1. The van der Waals surface area contributed by atoms with Crippen molar-refractivity contribution in [2.45, 2.75) is 12.8 Å². The average molecular weight is 189 g/mol. The van der Waals surface area contributed by atoms with Crippen LogP contribution in [0.4, 0.5) is 5.69 Å². The standard InChI is InChI=1S/C10H11N3O/c11-5-8-3-4-13-10(9(8)12)14-6-7-1-2-7/h3-4,7H,1-2,6,12H2. The van der Waals surface area contributed by atoms with Crippen molar-refractivity contribution in [2.75, 3.05) is 12.3 Å². The number of nitrogens with two attached hydrogens (primary N) is 1. The molecule has 2 rings (SSSR count). The van der Waals surface area contributed by atoms with E-state index in [1.165, 1.54) is 19.0 Å². The minimum absolute atomic E-state index is 0.343. The zero-order valence-corrected chi connectivity index (χ0v) is 7.73. The number of aromatic nitrogens is 1. The molecule has 0 bridgehead atoms. The highest BCUT2D eigenvalue weighted by Crippen LogP contribution is 2.30. The average Bonchev–Trinajstić information content (AvgIpc) is 3.00. The maximum Gasteiger partial charge on any atom is 0.238 e. The van der Waals surface area contributed by atoms with E-state index >= 15 is 0 Å². The number of nitriles is 1. The van der Waals surface area contributed by atoms with Gasteiger partial charge in [-0.3, -0.25) is 0 Å². The fraction of sp³-hybridized carbons (Fsp3) is 0.400. The lowest BCUT2D eigenvalue weighted by Gasteiger charge is -2.06. The van der Waals surface area contributed by atoms with E-state index in [0.29, 0.717) is 29.7 Å². The van der Waals surface area contributed by atoms with Crippen molar-refractivity contribution >= 4 is 5.69 Å². The molecular weight excluding hydrogens is 178 g/mol. The van der Waals surface area contributed by atoms with Crippen LogP contribution in [0.25, 0.3) is 0 Å². The fourth-order valence-electron chi connectivity index (χ4n) is 1.15. The van der Waals surface area contributed by atoms with Crippen LogP contribution in [0.1, 0.15) is 18.4 Å². The van der Waals surface area contributed by atoms with Crippen molar-refractivity contribution in [3.63, 3.8) is 0 Å². The Kier molecular flexibility index (Phi) is 2.23. The molecule has 0 radical (unpaired) electrons. The van der Waals surface area contributed by atoms with E-state index in [9.17, 15) is 0 Å². The molecule has 1 heterocycles. The molecule has 0 spiro atoms. The van der Waals surface area contributed by atoms with Crippen LogP contribution in [0, 0.1) is 17.2 Å². The first-order valence-electron chi connectivity index (χ1n) is 4.58. The predicted octanol–water partition coefficient (Wildman–Crippen LogP) is 1.32. The minimum Gasteiger partial charge on any atom is -0.476 e. The third kappa shape index (κ3) is 1.77. The molecule has 0 aliphatic heterocycles. The molecule has 72 valence electrons. The third-order valence-electron chi connectivity index (χ3n) is 2.23. The number of hydrogen-bond acceptors (Lipinski definition) is 4. The number of nitrogen functional groups attached to an aromatic ring is 1. The largest absolute Gasteiger partial charge is 0.476 e. The van der Waals surface area contributed by atoms with Gasteiger partial charge in [0.15, 0.2) is 0 Å². The summed E-state index contributed by atoms with van der Waals surface area (Å²) in [5.41, 5.74) is 6.46. The molecule has 1 aliphatic rings. The summed E-state index contributed by atoms with van der Waals surface area (Å²) in [5.74, 6) is 1.04. The van der Waals surface area contributed by atoms with Crippen LogP contribution in [-0.4, -0.2) is 11.6 Å². The summed E-state index contributed by atoms with van der Waals surface area (Å²) in [6.45, 7) is 0.659. The van der Waals surface area contributed by atoms with Crippen molar-refractivity contribution in [1.29, 1.82) is 5.26 Å². The van der Waals surface area contributed by atoms with Crippen molar-refractivity contribution in [2.24, 2.45) is 5.92 Å². The second-order valence-corrected chi connectivity index (χ2v) is 3.44. The summed E-state index contributed by atoms with van der Waals surface area (Å²) < 4.78 is 5.42. The number of anilines is 1. The fourth-order valence-corrected chi connectivity index (χ4v) is 1.15. The van der Waals surface area contributed by atoms with Gasteiger partial charge >= 0.3 is 0 Å². The predicted molar refractivity (Wildman–Crippen MR) is 51.6 cm³/mol. The lowest BCUT2D eigenvalue weighted by Crippen LogP contribution is -2.04. The van der Waals surface area contributed by atoms with Crippen LogP contribution >= 0.6 is 0 Å². The van der Waals surface area contributed by atoms with Crippen LogP contribution in [0.5, 0.6) is 5.88 Å². The van der Waals surface area contributed by atoms with Gasteiger partial charge in [-0.2, -0.15) is 5.26 Å². The first-order valence-corrected chi connectivity index (χ1v) is 4.58. The Morgan fingerprint density at radius 3 is 3.07 bits per heavy atom. The lowest BCUT2D eigenvalue weighted by molar-refractivity contribution is 0.290. The molecule has 1 aromatic rings. The normalized spacial score (nSPS) is 14.8. The molecule has 1 aliphatic carbocycles. The molecule has 0 saturated heterocycles. The van der Waals surface area contributed by atoms with Gasteiger partial charge < -0.3 is 10.5 Å². The SMILES string of the molecule is N#Cc1ccnc(OCC2CC2)c1N. The maximum atomic E-state index is 8.72. The van der Waals surface area contributed by atoms with Gasteiger partial charge in [0.1, 0.15) is 11.8 Å². The van der Waals surface area contributed by atoms with Crippen LogP contribution in [0.15, 0.2) is 12.3 Å². The summed E-state index contributed by atoms with van der Waals surface area (Å²) in [4.78, 5) is 3.99. The van der Waals surface area contributed by atoms with E-state index in [-0.39, 0.29) is 0 Å². The highest BCUT2D eigenvalue weighted by atomic mass is 16.5. The van der Waals surface area contributed by atoms with E-state index in [1.807, 2.05) is 6.07 Å². The Bertz CT molecular complexity index is 379.